The van der Waals surface area contributed by atoms with E-state index in [1.807, 2.05) is 6.07 Å². The fourth-order valence-electron chi connectivity index (χ4n) is 4.48. The van der Waals surface area contributed by atoms with Crippen molar-refractivity contribution in [3.63, 3.8) is 0 Å². The van der Waals surface area contributed by atoms with Gasteiger partial charge in [-0.15, -0.1) is 0 Å². The normalized spacial score (nSPS) is 19.0. The van der Waals surface area contributed by atoms with Crippen molar-refractivity contribution >= 4 is 18.1 Å². The smallest absolute Gasteiger partial charge is 0.243 e. The van der Waals surface area contributed by atoms with Crippen LogP contribution in [-0.2, 0) is 34.0 Å². The van der Waals surface area contributed by atoms with Crippen molar-refractivity contribution in [2.45, 2.75) is 38.6 Å². The molecule has 2 heterocycles. The Morgan fingerprint density at radius 2 is 1.91 bits per heavy atom. The molecule has 2 aliphatic rings. The van der Waals surface area contributed by atoms with Crippen LogP contribution in [0.5, 0.6) is 5.75 Å². The lowest BCUT2D eigenvalue weighted by atomic mass is 10.0. The maximum absolute atomic E-state index is 15.2. The van der Waals surface area contributed by atoms with Crippen LogP contribution in [0.15, 0.2) is 36.4 Å². The largest absolute Gasteiger partial charge is 0.488 e. The van der Waals surface area contributed by atoms with Gasteiger partial charge in [0.1, 0.15) is 18.2 Å². The molecule has 0 radical (unpaired) electrons. The number of halogens is 1. The van der Waals surface area contributed by atoms with Crippen molar-refractivity contribution in [3.8, 4) is 5.75 Å². The molecule has 2 aromatic carbocycles. The minimum atomic E-state index is -0.491. The third-order valence-electron chi connectivity index (χ3n) is 6.49. The van der Waals surface area contributed by atoms with E-state index in [0.29, 0.717) is 54.2 Å². The number of carbonyl (C=O) groups excluding carboxylic acids is 3. The van der Waals surface area contributed by atoms with Gasteiger partial charge in [-0.3, -0.25) is 29.5 Å². The van der Waals surface area contributed by atoms with Crippen molar-refractivity contribution in [2.24, 2.45) is 0 Å². The Morgan fingerprint density at radius 3 is 2.66 bits per heavy atom. The van der Waals surface area contributed by atoms with E-state index in [1.165, 1.54) is 0 Å². The monoisotopic (exact) mass is 483 g/mol. The topological polar surface area (TPSA) is 88.2 Å². The van der Waals surface area contributed by atoms with E-state index in [9.17, 15) is 14.4 Å². The number of benzene rings is 2. The molecule has 2 amide bonds. The van der Waals surface area contributed by atoms with Gasteiger partial charge < -0.3 is 9.47 Å². The second-order valence-electron chi connectivity index (χ2n) is 8.89. The fourth-order valence-corrected chi connectivity index (χ4v) is 4.48. The van der Waals surface area contributed by atoms with E-state index in [-0.39, 0.29) is 37.2 Å². The van der Waals surface area contributed by atoms with Gasteiger partial charge in [0.05, 0.1) is 19.3 Å². The lowest BCUT2D eigenvalue weighted by Gasteiger charge is -2.30. The fraction of sp³-hybridized carbons (Fsp3) is 0.423. The second-order valence-corrected chi connectivity index (χ2v) is 8.89. The van der Waals surface area contributed by atoms with Gasteiger partial charge in [-0.05, 0) is 19.5 Å². The van der Waals surface area contributed by atoms with Crippen molar-refractivity contribution < 1.29 is 28.2 Å². The summed E-state index contributed by atoms with van der Waals surface area (Å²) in [5.74, 6) is -0.483. The highest BCUT2D eigenvalue weighted by Crippen LogP contribution is 2.27. The van der Waals surface area contributed by atoms with Crippen LogP contribution in [0, 0.1) is 5.82 Å². The van der Waals surface area contributed by atoms with Gasteiger partial charge in [-0.1, -0.05) is 30.3 Å². The molecule has 8 nitrogen and oxygen atoms in total. The minimum absolute atomic E-state index is 0.000224. The van der Waals surface area contributed by atoms with Crippen LogP contribution in [0.2, 0.25) is 0 Å². The van der Waals surface area contributed by atoms with Crippen LogP contribution < -0.4 is 10.1 Å². The molecular weight excluding hydrogens is 453 g/mol. The molecule has 0 spiro atoms. The Balaban J connectivity index is 1.48. The van der Waals surface area contributed by atoms with Crippen molar-refractivity contribution in [2.75, 3.05) is 33.4 Å². The number of hydrogen-bond donors (Lipinski definition) is 1. The summed E-state index contributed by atoms with van der Waals surface area (Å²) >= 11 is 0. The summed E-state index contributed by atoms with van der Waals surface area (Å²) < 4.78 is 26.6. The summed E-state index contributed by atoms with van der Waals surface area (Å²) in [5, 5.41) is 2.35. The number of nitrogens with one attached hydrogen (secondary N) is 1. The molecule has 186 valence electrons. The molecule has 2 aromatic rings. The molecule has 1 unspecified atom stereocenters. The van der Waals surface area contributed by atoms with E-state index < -0.39 is 6.04 Å². The highest BCUT2D eigenvalue weighted by Gasteiger charge is 2.30. The zero-order valence-electron chi connectivity index (χ0n) is 19.8. The van der Waals surface area contributed by atoms with Crippen molar-refractivity contribution in [1.82, 2.24) is 15.1 Å². The maximum atomic E-state index is 15.2. The van der Waals surface area contributed by atoms with E-state index in [2.05, 4.69) is 10.2 Å². The van der Waals surface area contributed by atoms with Gasteiger partial charge in [0.15, 0.2) is 6.29 Å². The Morgan fingerprint density at radius 1 is 1.17 bits per heavy atom. The summed E-state index contributed by atoms with van der Waals surface area (Å²) in [6, 6.07) is 9.91. The number of rotatable bonds is 9. The molecule has 0 aliphatic carbocycles. The molecule has 1 N–H and O–H groups in total. The van der Waals surface area contributed by atoms with E-state index >= 15 is 4.39 Å². The number of amides is 2. The molecular formula is C26H30FN3O5. The zero-order valence-corrected chi connectivity index (χ0v) is 19.8. The number of carbonyl (C=O) groups is 3. The number of imide groups is 1. The second kappa shape index (κ2) is 11.5. The third-order valence-corrected chi connectivity index (χ3v) is 6.49. The predicted molar refractivity (Wildman–Crippen MR) is 126 cm³/mol. The molecule has 0 saturated carbocycles. The summed E-state index contributed by atoms with van der Waals surface area (Å²) in [7, 11) is 1.76. The Labute approximate surface area is 204 Å². The first-order chi connectivity index (χ1) is 17.0. The zero-order chi connectivity index (χ0) is 24.8. The van der Waals surface area contributed by atoms with Gasteiger partial charge in [-0.25, -0.2) is 4.39 Å². The molecule has 9 heteroatoms. The van der Waals surface area contributed by atoms with Crippen LogP contribution in [-0.4, -0.2) is 67.3 Å². The number of likely N-dealkylation sites (N-methyl/N-ethyl adjacent to an activating group) is 1. The highest BCUT2D eigenvalue weighted by atomic mass is 19.1. The van der Waals surface area contributed by atoms with Crippen LogP contribution >= 0.6 is 0 Å². The SMILES string of the molecule is CN(Cc1c(C=O)cccc1OCc1cccc(CN2CCOCC2)c1F)C1CCC(=O)NC1=O. The lowest BCUT2D eigenvalue weighted by Crippen LogP contribution is -2.51. The molecule has 0 bridgehead atoms. The first-order valence-electron chi connectivity index (χ1n) is 11.8. The van der Waals surface area contributed by atoms with Gasteiger partial charge >= 0.3 is 0 Å². The number of ether oxygens (including phenoxy) is 2. The average Bonchev–Trinajstić information content (AvgIpc) is 2.85. The standard InChI is InChI=1S/C26H30FN3O5/c1-29(22-8-9-24(32)28-26(22)33)15-21-19(16-31)5-3-7-23(21)35-17-20-6-2-4-18(25(20)27)14-30-10-12-34-13-11-30/h2-7,16,22H,8-15,17H2,1H3,(H,28,32,33). The lowest BCUT2D eigenvalue weighted by molar-refractivity contribution is -0.137. The first-order valence-corrected chi connectivity index (χ1v) is 11.8. The van der Waals surface area contributed by atoms with Gasteiger partial charge in [0.25, 0.3) is 0 Å². The highest BCUT2D eigenvalue weighted by molar-refractivity contribution is 6.00. The number of morpholine rings is 1. The van der Waals surface area contributed by atoms with Crippen LogP contribution in [0.25, 0.3) is 0 Å². The van der Waals surface area contributed by atoms with E-state index in [4.69, 9.17) is 9.47 Å². The predicted octanol–water partition coefficient (Wildman–Crippen LogP) is 2.29. The first kappa shape index (κ1) is 25.0. The Hall–Kier alpha value is -3.14. The van der Waals surface area contributed by atoms with Crippen LogP contribution in [0.3, 0.4) is 0 Å². The Kier molecular flexibility index (Phi) is 8.22. The number of hydrogen-bond acceptors (Lipinski definition) is 7. The molecule has 0 aromatic heterocycles. The van der Waals surface area contributed by atoms with Crippen LogP contribution in [0.1, 0.15) is 39.9 Å². The number of piperidine rings is 1. The molecule has 1 atom stereocenters. The quantitative estimate of drug-likeness (QED) is 0.433. The van der Waals surface area contributed by atoms with Crippen molar-refractivity contribution in [1.29, 1.82) is 0 Å². The summed E-state index contributed by atoms with van der Waals surface area (Å²) in [6.07, 6.45) is 1.41. The number of aldehydes is 1. The minimum Gasteiger partial charge on any atom is -0.488 e. The summed E-state index contributed by atoms with van der Waals surface area (Å²) in [4.78, 5) is 39.4. The van der Waals surface area contributed by atoms with E-state index in [0.717, 1.165) is 19.4 Å². The van der Waals surface area contributed by atoms with Gasteiger partial charge in [0.2, 0.25) is 11.8 Å². The third kappa shape index (κ3) is 6.11. The maximum Gasteiger partial charge on any atom is 0.243 e. The molecule has 2 aliphatic heterocycles. The molecule has 35 heavy (non-hydrogen) atoms. The van der Waals surface area contributed by atoms with Gasteiger partial charge in [-0.2, -0.15) is 0 Å². The van der Waals surface area contributed by atoms with Crippen molar-refractivity contribution in [3.05, 3.63) is 64.5 Å². The van der Waals surface area contributed by atoms with Crippen LogP contribution in [0.4, 0.5) is 4.39 Å². The van der Waals surface area contributed by atoms with Gasteiger partial charge in [0, 0.05) is 54.9 Å². The molecule has 4 rings (SSSR count). The molecule has 2 fully saturated rings. The summed E-state index contributed by atoms with van der Waals surface area (Å²) in [6.45, 7) is 3.59. The summed E-state index contributed by atoms with van der Waals surface area (Å²) in [5.41, 5.74) is 2.08. The number of nitrogens with zero attached hydrogens (tertiary/aromatic N) is 2. The average molecular weight is 484 g/mol. The Bertz CT molecular complexity index is 1090. The molecule has 2 saturated heterocycles. The van der Waals surface area contributed by atoms with E-state index in [1.54, 1.807) is 42.3 Å².